The van der Waals surface area contributed by atoms with Crippen molar-refractivity contribution in [2.75, 3.05) is 0 Å². The zero-order valence-electron chi connectivity index (χ0n) is 11.3. The fourth-order valence-corrected chi connectivity index (χ4v) is 2.07. The van der Waals surface area contributed by atoms with Crippen LogP contribution in [0.15, 0.2) is 22.7 Å². The van der Waals surface area contributed by atoms with Crippen LogP contribution < -0.4 is 5.32 Å². The average Bonchev–Trinajstić information content (AvgIpc) is 2.75. The lowest BCUT2D eigenvalue weighted by atomic mass is 10.1. The normalized spacial score (nSPS) is 10.4. The number of aromatic nitrogens is 1. The van der Waals surface area contributed by atoms with E-state index in [1.165, 1.54) is 18.2 Å². The monoisotopic (exact) mass is 309 g/mol. The Labute approximate surface area is 125 Å². The number of carbonyl (C=O) groups is 1. The summed E-state index contributed by atoms with van der Waals surface area (Å²) in [4.78, 5) is 22.1. The molecule has 1 amide bonds. The van der Waals surface area contributed by atoms with Crippen molar-refractivity contribution in [3.8, 4) is 0 Å². The number of amides is 1. The number of nitrogens with zero attached hydrogens (tertiary/aromatic N) is 2. The number of nitro benzene ring substituents is 1. The van der Waals surface area contributed by atoms with Crippen LogP contribution in [0.2, 0.25) is 5.02 Å². The first-order valence-electron chi connectivity index (χ1n) is 6.04. The van der Waals surface area contributed by atoms with Gasteiger partial charge in [-0.3, -0.25) is 14.9 Å². The predicted octanol–water partition coefficient (Wildman–Crippen LogP) is 2.78. The van der Waals surface area contributed by atoms with E-state index in [0.29, 0.717) is 11.5 Å². The number of aryl methyl sites for hydroxylation is 2. The Kier molecular flexibility index (Phi) is 4.23. The Balaban J connectivity index is 2.11. The maximum atomic E-state index is 12.0. The van der Waals surface area contributed by atoms with Crippen LogP contribution >= 0.6 is 11.6 Å². The van der Waals surface area contributed by atoms with Crippen LogP contribution in [0.3, 0.4) is 0 Å². The van der Waals surface area contributed by atoms with Gasteiger partial charge in [0.15, 0.2) is 0 Å². The third-order valence-corrected chi connectivity index (χ3v) is 3.32. The van der Waals surface area contributed by atoms with Gasteiger partial charge in [0.1, 0.15) is 10.8 Å². The molecule has 1 aromatic heterocycles. The zero-order valence-corrected chi connectivity index (χ0v) is 12.1. The first-order valence-corrected chi connectivity index (χ1v) is 6.42. The minimum Gasteiger partial charge on any atom is -0.361 e. The van der Waals surface area contributed by atoms with Gasteiger partial charge in [-0.05, 0) is 26.0 Å². The smallest absolute Gasteiger partial charge is 0.287 e. The number of halogens is 1. The van der Waals surface area contributed by atoms with Gasteiger partial charge in [-0.1, -0.05) is 16.8 Å². The largest absolute Gasteiger partial charge is 0.361 e. The molecule has 0 aliphatic carbocycles. The minimum atomic E-state index is -0.603. The molecule has 110 valence electrons. The van der Waals surface area contributed by atoms with E-state index in [-0.39, 0.29) is 28.7 Å². The number of nitrogens with one attached hydrogen (secondary N) is 1. The summed E-state index contributed by atoms with van der Waals surface area (Å²) in [6, 6.07) is 3.82. The van der Waals surface area contributed by atoms with Gasteiger partial charge in [0.2, 0.25) is 0 Å². The van der Waals surface area contributed by atoms with Crippen LogP contribution in [0.4, 0.5) is 5.69 Å². The molecule has 0 fully saturated rings. The molecular formula is C13H12ClN3O4. The average molecular weight is 310 g/mol. The molecule has 0 saturated carbocycles. The van der Waals surface area contributed by atoms with Crippen LogP contribution in [-0.2, 0) is 6.54 Å². The lowest BCUT2D eigenvalue weighted by Crippen LogP contribution is -2.23. The van der Waals surface area contributed by atoms with E-state index in [1.54, 1.807) is 13.8 Å². The maximum Gasteiger partial charge on any atom is 0.287 e. The number of rotatable bonds is 4. The molecule has 1 aromatic carbocycles. The standard InChI is InChI=1S/C13H12ClN3O4/c1-7-10(8(2)21-16-7)6-15-13(18)9-3-4-12(17(19)20)11(14)5-9/h3-5H,6H2,1-2H3,(H,15,18). The molecule has 0 spiro atoms. The zero-order chi connectivity index (χ0) is 15.6. The fraction of sp³-hybridized carbons (Fsp3) is 0.231. The molecule has 1 heterocycles. The van der Waals surface area contributed by atoms with Crippen molar-refractivity contribution in [1.29, 1.82) is 0 Å². The van der Waals surface area contributed by atoms with Crippen LogP contribution in [-0.4, -0.2) is 16.0 Å². The number of hydrogen-bond donors (Lipinski definition) is 1. The summed E-state index contributed by atoms with van der Waals surface area (Å²) in [5.74, 6) is 0.251. The van der Waals surface area contributed by atoms with E-state index < -0.39 is 4.92 Å². The van der Waals surface area contributed by atoms with Gasteiger partial charge in [-0.25, -0.2) is 0 Å². The van der Waals surface area contributed by atoms with Crippen molar-refractivity contribution in [3.05, 3.63) is 55.9 Å². The molecule has 0 aliphatic heterocycles. The van der Waals surface area contributed by atoms with E-state index in [1.807, 2.05) is 0 Å². The summed E-state index contributed by atoms with van der Waals surface area (Å²) < 4.78 is 5.00. The molecular weight excluding hydrogens is 298 g/mol. The van der Waals surface area contributed by atoms with E-state index in [2.05, 4.69) is 10.5 Å². The lowest BCUT2D eigenvalue weighted by molar-refractivity contribution is -0.384. The van der Waals surface area contributed by atoms with Crippen LogP contribution in [0.1, 0.15) is 27.4 Å². The molecule has 8 heteroatoms. The van der Waals surface area contributed by atoms with Gasteiger partial charge in [-0.2, -0.15) is 0 Å². The van der Waals surface area contributed by atoms with E-state index in [9.17, 15) is 14.9 Å². The Hall–Kier alpha value is -2.41. The Bertz CT molecular complexity index is 692. The molecule has 1 N–H and O–H groups in total. The molecule has 0 atom stereocenters. The van der Waals surface area contributed by atoms with Gasteiger partial charge in [0, 0.05) is 23.7 Å². The van der Waals surface area contributed by atoms with Crippen molar-refractivity contribution < 1.29 is 14.2 Å². The highest BCUT2D eigenvalue weighted by molar-refractivity contribution is 6.33. The van der Waals surface area contributed by atoms with Gasteiger partial charge in [0.05, 0.1) is 10.6 Å². The highest BCUT2D eigenvalue weighted by atomic mass is 35.5. The van der Waals surface area contributed by atoms with Crippen LogP contribution in [0.5, 0.6) is 0 Å². The molecule has 0 bridgehead atoms. The van der Waals surface area contributed by atoms with E-state index in [0.717, 1.165) is 5.56 Å². The number of carbonyl (C=O) groups excluding carboxylic acids is 1. The first kappa shape index (κ1) is 15.0. The SMILES string of the molecule is Cc1noc(C)c1CNC(=O)c1ccc([N+](=O)[O-])c(Cl)c1. The summed E-state index contributed by atoms with van der Waals surface area (Å²) in [5.41, 5.74) is 1.52. The van der Waals surface area contributed by atoms with Gasteiger partial charge >= 0.3 is 0 Å². The van der Waals surface area contributed by atoms with Crippen molar-refractivity contribution >= 4 is 23.2 Å². The highest BCUT2D eigenvalue weighted by Gasteiger charge is 2.16. The highest BCUT2D eigenvalue weighted by Crippen LogP contribution is 2.25. The molecule has 21 heavy (non-hydrogen) atoms. The minimum absolute atomic E-state index is 0.0787. The lowest BCUT2D eigenvalue weighted by Gasteiger charge is -2.05. The van der Waals surface area contributed by atoms with Crippen LogP contribution in [0, 0.1) is 24.0 Å². The van der Waals surface area contributed by atoms with E-state index in [4.69, 9.17) is 16.1 Å². The fourth-order valence-electron chi connectivity index (χ4n) is 1.82. The van der Waals surface area contributed by atoms with Gasteiger partial charge < -0.3 is 9.84 Å². The summed E-state index contributed by atoms with van der Waals surface area (Å²) >= 11 is 5.77. The summed E-state index contributed by atoms with van der Waals surface area (Å²) in [6.07, 6.45) is 0. The quantitative estimate of drug-likeness (QED) is 0.691. The summed E-state index contributed by atoms with van der Waals surface area (Å²) in [5, 5.41) is 17.1. The molecule has 7 nitrogen and oxygen atoms in total. The Morgan fingerprint density at radius 2 is 2.19 bits per heavy atom. The first-order chi connectivity index (χ1) is 9.90. The topological polar surface area (TPSA) is 98.3 Å². The molecule has 2 aromatic rings. The van der Waals surface area contributed by atoms with Crippen molar-refractivity contribution in [2.24, 2.45) is 0 Å². The number of benzene rings is 1. The third-order valence-electron chi connectivity index (χ3n) is 3.01. The van der Waals surface area contributed by atoms with Crippen molar-refractivity contribution in [3.63, 3.8) is 0 Å². The second kappa shape index (κ2) is 5.92. The molecule has 0 unspecified atom stereocenters. The predicted molar refractivity (Wildman–Crippen MR) is 75.3 cm³/mol. The Morgan fingerprint density at radius 3 is 2.71 bits per heavy atom. The van der Waals surface area contributed by atoms with Crippen LogP contribution in [0.25, 0.3) is 0 Å². The van der Waals surface area contributed by atoms with Gasteiger partial charge in [0.25, 0.3) is 11.6 Å². The van der Waals surface area contributed by atoms with E-state index >= 15 is 0 Å². The molecule has 2 rings (SSSR count). The summed E-state index contributed by atoms with van der Waals surface area (Å²) in [6.45, 7) is 3.79. The van der Waals surface area contributed by atoms with Crippen molar-refractivity contribution in [1.82, 2.24) is 10.5 Å². The third kappa shape index (κ3) is 3.19. The number of nitro groups is 1. The second-order valence-electron chi connectivity index (χ2n) is 4.41. The number of hydrogen-bond acceptors (Lipinski definition) is 5. The second-order valence-corrected chi connectivity index (χ2v) is 4.82. The van der Waals surface area contributed by atoms with Crippen molar-refractivity contribution in [2.45, 2.75) is 20.4 Å². The van der Waals surface area contributed by atoms with Gasteiger partial charge in [-0.15, -0.1) is 0 Å². The molecule has 0 radical (unpaired) electrons. The molecule has 0 saturated heterocycles. The molecule has 0 aliphatic rings. The Morgan fingerprint density at radius 1 is 1.48 bits per heavy atom. The summed E-state index contributed by atoms with van der Waals surface area (Å²) in [7, 11) is 0. The maximum absolute atomic E-state index is 12.0.